The molecule has 0 heterocycles. The Morgan fingerprint density at radius 1 is 1.00 bits per heavy atom. The number of carbonyl (C=O) groups is 1. The lowest BCUT2D eigenvalue weighted by Crippen LogP contribution is -2.31. The van der Waals surface area contributed by atoms with E-state index in [-0.39, 0.29) is 23.5 Å². The van der Waals surface area contributed by atoms with Crippen molar-refractivity contribution in [1.82, 2.24) is 5.32 Å². The molecule has 162 valence electrons. The van der Waals surface area contributed by atoms with Gasteiger partial charge in [0.15, 0.2) is 6.61 Å². The van der Waals surface area contributed by atoms with Crippen molar-refractivity contribution in [3.63, 3.8) is 0 Å². The molecule has 0 aromatic heterocycles. The summed E-state index contributed by atoms with van der Waals surface area (Å²) in [4.78, 5) is 12.2. The van der Waals surface area contributed by atoms with Gasteiger partial charge in [-0.25, -0.2) is 8.42 Å². The molecule has 0 spiro atoms. The van der Waals surface area contributed by atoms with E-state index in [9.17, 15) is 13.2 Å². The highest BCUT2D eigenvalue weighted by molar-refractivity contribution is 9.10. The van der Waals surface area contributed by atoms with Crippen molar-refractivity contribution in [3.05, 3.63) is 87.9 Å². The number of hydrogen-bond donors (Lipinski definition) is 2. The fourth-order valence-corrected chi connectivity index (χ4v) is 4.16. The molecule has 2 N–H and O–H groups in total. The summed E-state index contributed by atoms with van der Waals surface area (Å²) >= 11 is 9.19. The summed E-state index contributed by atoms with van der Waals surface area (Å²) in [6.07, 6.45) is 0. The number of halogens is 2. The molecule has 0 saturated heterocycles. The Hall–Kier alpha value is -2.55. The predicted molar refractivity (Wildman–Crippen MR) is 125 cm³/mol. The SMILES string of the molecule is CC(NC(=O)COc1ccc(S(=O)(=O)Nc2ccc(Cl)cc2)cc1)c1ccc(Br)cc1. The van der Waals surface area contributed by atoms with Crippen molar-refractivity contribution >= 4 is 49.1 Å². The third-order valence-electron chi connectivity index (χ3n) is 4.35. The first-order chi connectivity index (χ1) is 14.7. The first-order valence-electron chi connectivity index (χ1n) is 9.29. The molecule has 31 heavy (non-hydrogen) atoms. The molecule has 0 bridgehead atoms. The molecule has 1 amide bonds. The summed E-state index contributed by atoms with van der Waals surface area (Å²) < 4.78 is 33.9. The minimum absolute atomic E-state index is 0.0723. The number of sulfonamides is 1. The van der Waals surface area contributed by atoms with E-state index in [1.165, 1.54) is 24.3 Å². The molecular formula is C22H20BrClN2O4S. The molecule has 0 saturated carbocycles. The standard InChI is InChI=1S/C22H20BrClN2O4S/c1-15(16-2-4-17(23)5-3-16)25-22(27)14-30-20-10-12-21(13-11-20)31(28,29)26-19-8-6-18(24)7-9-19/h2-13,15,26H,14H2,1H3,(H,25,27). The summed E-state index contributed by atoms with van der Waals surface area (Å²) in [5.41, 5.74) is 1.38. The number of amides is 1. The van der Waals surface area contributed by atoms with Crippen molar-refractivity contribution in [3.8, 4) is 5.75 Å². The van der Waals surface area contributed by atoms with E-state index < -0.39 is 10.0 Å². The zero-order valence-electron chi connectivity index (χ0n) is 16.5. The lowest BCUT2D eigenvalue weighted by molar-refractivity contribution is -0.123. The van der Waals surface area contributed by atoms with Crippen molar-refractivity contribution in [1.29, 1.82) is 0 Å². The van der Waals surface area contributed by atoms with Crippen LogP contribution in [0.3, 0.4) is 0 Å². The molecule has 0 aliphatic rings. The fraction of sp³-hybridized carbons (Fsp3) is 0.136. The van der Waals surface area contributed by atoms with E-state index in [4.69, 9.17) is 16.3 Å². The van der Waals surface area contributed by atoms with Gasteiger partial charge in [0, 0.05) is 15.2 Å². The number of ether oxygens (including phenoxy) is 1. The second kappa shape index (κ2) is 10.2. The highest BCUT2D eigenvalue weighted by Crippen LogP contribution is 2.21. The average molecular weight is 524 g/mol. The number of hydrogen-bond acceptors (Lipinski definition) is 4. The minimum atomic E-state index is -3.76. The maximum Gasteiger partial charge on any atom is 0.261 e. The quantitative estimate of drug-likeness (QED) is 0.427. The smallest absolute Gasteiger partial charge is 0.261 e. The van der Waals surface area contributed by atoms with Crippen LogP contribution in [0.25, 0.3) is 0 Å². The van der Waals surface area contributed by atoms with Crippen molar-refractivity contribution in [2.24, 2.45) is 0 Å². The van der Waals surface area contributed by atoms with Gasteiger partial charge >= 0.3 is 0 Å². The van der Waals surface area contributed by atoms with Crippen LogP contribution in [0.2, 0.25) is 5.02 Å². The Labute approximate surface area is 194 Å². The van der Waals surface area contributed by atoms with Gasteiger partial charge in [0.25, 0.3) is 15.9 Å². The van der Waals surface area contributed by atoms with E-state index in [1.807, 2.05) is 31.2 Å². The number of rotatable bonds is 8. The summed E-state index contributed by atoms with van der Waals surface area (Å²) in [6, 6.07) is 19.7. The van der Waals surface area contributed by atoms with Gasteiger partial charge < -0.3 is 10.1 Å². The Morgan fingerprint density at radius 3 is 2.23 bits per heavy atom. The minimum Gasteiger partial charge on any atom is -0.484 e. The van der Waals surface area contributed by atoms with Crippen LogP contribution in [0.4, 0.5) is 5.69 Å². The van der Waals surface area contributed by atoms with Gasteiger partial charge in [0.2, 0.25) is 0 Å². The van der Waals surface area contributed by atoms with Crippen molar-refractivity contribution in [2.45, 2.75) is 17.9 Å². The molecule has 1 unspecified atom stereocenters. The van der Waals surface area contributed by atoms with E-state index in [1.54, 1.807) is 24.3 Å². The molecule has 0 aliphatic carbocycles. The van der Waals surface area contributed by atoms with Crippen molar-refractivity contribution < 1.29 is 17.9 Å². The number of benzene rings is 3. The number of nitrogens with one attached hydrogen (secondary N) is 2. The van der Waals surface area contributed by atoms with Crippen LogP contribution in [0, 0.1) is 0 Å². The molecule has 0 aliphatic heterocycles. The van der Waals surface area contributed by atoms with Crippen molar-refractivity contribution in [2.75, 3.05) is 11.3 Å². The lowest BCUT2D eigenvalue weighted by Gasteiger charge is -2.15. The van der Waals surface area contributed by atoms with Gasteiger partial charge in [-0.1, -0.05) is 39.7 Å². The van der Waals surface area contributed by atoms with Crippen LogP contribution in [0.5, 0.6) is 5.75 Å². The number of carbonyl (C=O) groups excluding carboxylic acids is 1. The van der Waals surface area contributed by atoms with Gasteiger partial charge in [-0.3, -0.25) is 9.52 Å². The zero-order chi connectivity index (χ0) is 22.4. The molecule has 6 nitrogen and oxygen atoms in total. The monoisotopic (exact) mass is 522 g/mol. The molecule has 0 fully saturated rings. The van der Waals surface area contributed by atoms with Crippen LogP contribution < -0.4 is 14.8 Å². The van der Waals surface area contributed by atoms with Gasteiger partial charge in [0.05, 0.1) is 10.9 Å². The van der Waals surface area contributed by atoms with E-state index in [0.29, 0.717) is 16.5 Å². The van der Waals surface area contributed by atoms with Gasteiger partial charge in [-0.05, 0) is 73.2 Å². The highest BCUT2D eigenvalue weighted by Gasteiger charge is 2.15. The van der Waals surface area contributed by atoms with Crippen LogP contribution in [0.15, 0.2) is 82.2 Å². The Kier molecular flexibility index (Phi) is 7.59. The van der Waals surface area contributed by atoms with Crippen LogP contribution in [-0.2, 0) is 14.8 Å². The summed E-state index contributed by atoms with van der Waals surface area (Å²) in [5, 5.41) is 3.37. The molecular weight excluding hydrogens is 504 g/mol. The summed E-state index contributed by atoms with van der Waals surface area (Å²) in [7, 11) is -3.76. The maximum absolute atomic E-state index is 12.5. The lowest BCUT2D eigenvalue weighted by atomic mass is 10.1. The zero-order valence-corrected chi connectivity index (χ0v) is 19.7. The predicted octanol–water partition coefficient (Wildman–Crippen LogP) is 5.16. The molecule has 0 radical (unpaired) electrons. The molecule has 3 aromatic rings. The van der Waals surface area contributed by atoms with Gasteiger partial charge in [0.1, 0.15) is 5.75 Å². The highest BCUT2D eigenvalue weighted by atomic mass is 79.9. The van der Waals surface area contributed by atoms with E-state index >= 15 is 0 Å². The maximum atomic E-state index is 12.5. The molecule has 1 atom stereocenters. The normalized spacial score (nSPS) is 12.1. The van der Waals surface area contributed by atoms with Crippen LogP contribution >= 0.6 is 27.5 Å². The Morgan fingerprint density at radius 2 is 1.61 bits per heavy atom. The topological polar surface area (TPSA) is 84.5 Å². The summed E-state index contributed by atoms with van der Waals surface area (Å²) in [5.74, 6) is 0.105. The Bertz CT molecular complexity index is 1140. The van der Waals surface area contributed by atoms with Crippen LogP contribution in [-0.4, -0.2) is 20.9 Å². The Balaban J connectivity index is 1.54. The third kappa shape index (κ3) is 6.72. The van der Waals surface area contributed by atoms with E-state index in [0.717, 1.165) is 10.0 Å². The summed E-state index contributed by atoms with van der Waals surface area (Å²) in [6.45, 7) is 1.70. The third-order valence-corrected chi connectivity index (χ3v) is 6.53. The van der Waals surface area contributed by atoms with Gasteiger partial charge in [-0.2, -0.15) is 0 Å². The second-order valence-electron chi connectivity index (χ2n) is 6.71. The average Bonchev–Trinajstić information content (AvgIpc) is 2.74. The van der Waals surface area contributed by atoms with Crippen LogP contribution in [0.1, 0.15) is 18.5 Å². The first kappa shape index (κ1) is 23.1. The fourth-order valence-electron chi connectivity index (χ4n) is 2.71. The second-order valence-corrected chi connectivity index (χ2v) is 9.75. The number of anilines is 1. The van der Waals surface area contributed by atoms with E-state index in [2.05, 4.69) is 26.0 Å². The first-order valence-corrected chi connectivity index (χ1v) is 11.9. The van der Waals surface area contributed by atoms with Gasteiger partial charge in [-0.15, -0.1) is 0 Å². The largest absolute Gasteiger partial charge is 0.484 e. The molecule has 3 aromatic carbocycles. The molecule has 9 heteroatoms. The molecule has 3 rings (SSSR count).